The van der Waals surface area contributed by atoms with Crippen LogP contribution in [0.4, 0.5) is 5.69 Å². The molecule has 2 aromatic rings. The van der Waals surface area contributed by atoms with Gasteiger partial charge in [-0.3, -0.25) is 0 Å². The molecule has 2 rings (SSSR count). The van der Waals surface area contributed by atoms with E-state index in [1.807, 2.05) is 42.5 Å². The minimum atomic E-state index is -2.32. The lowest BCUT2D eigenvalue weighted by Gasteiger charge is -1.95. The first-order chi connectivity index (χ1) is 9.11. The highest BCUT2D eigenvalue weighted by atomic mass is 31.1. The summed E-state index contributed by atoms with van der Waals surface area (Å²) in [6.07, 6.45) is 1.84. The molecule has 0 saturated carbocycles. The van der Waals surface area contributed by atoms with E-state index in [1.165, 1.54) is 0 Å². The number of hydrogen-bond acceptors (Lipinski definition) is 2. The van der Waals surface area contributed by atoms with E-state index in [-0.39, 0.29) is 6.16 Å². The van der Waals surface area contributed by atoms with E-state index >= 15 is 0 Å². The second-order valence-corrected chi connectivity index (χ2v) is 4.90. The van der Waals surface area contributed by atoms with Crippen molar-refractivity contribution in [3.05, 3.63) is 72.3 Å². The largest absolute Gasteiger partial charge is 0.595 e. The van der Waals surface area contributed by atoms with Crippen molar-refractivity contribution in [2.75, 3.05) is 0 Å². The topological polar surface area (TPSA) is 67.8 Å². The molecule has 0 aromatic heterocycles. The van der Waals surface area contributed by atoms with Crippen LogP contribution < -0.4 is 10.6 Å². The van der Waals surface area contributed by atoms with Crippen molar-refractivity contribution < 1.29 is 15.2 Å². The van der Waals surface area contributed by atoms with Crippen molar-refractivity contribution in [3.63, 3.8) is 0 Å². The lowest BCUT2D eigenvalue weighted by Crippen LogP contribution is -2.39. The molecule has 0 amide bonds. The Kier molecular flexibility index (Phi) is 6.69. The fourth-order valence-corrected chi connectivity index (χ4v) is 1.90. The van der Waals surface area contributed by atoms with Gasteiger partial charge in [0.15, 0.2) is 6.16 Å². The second-order valence-electron chi connectivity index (χ2n) is 3.92. The molecule has 0 aliphatic rings. The van der Waals surface area contributed by atoms with Gasteiger partial charge < -0.3 is 10.6 Å². The quantitative estimate of drug-likeness (QED) is 0.874. The van der Waals surface area contributed by atoms with Crippen LogP contribution in [0.1, 0.15) is 11.1 Å². The highest BCUT2D eigenvalue weighted by molar-refractivity contribution is 7.35. The lowest BCUT2D eigenvalue weighted by atomic mass is 10.1. The third kappa shape index (κ3) is 6.63. The fourth-order valence-electron chi connectivity index (χ4n) is 1.39. The molecule has 0 radical (unpaired) electrons. The van der Waals surface area contributed by atoms with Crippen molar-refractivity contribution in [3.8, 4) is 0 Å². The summed E-state index contributed by atoms with van der Waals surface area (Å²) in [5.74, 6) is 0. The summed E-state index contributed by atoms with van der Waals surface area (Å²) in [7, 11) is -2.32. The minimum Gasteiger partial charge on any atom is -0.595 e. The molecule has 19 heavy (non-hydrogen) atoms. The lowest BCUT2D eigenvalue weighted by molar-refractivity contribution is -0.254. The smallest absolute Gasteiger partial charge is 0.313 e. The van der Waals surface area contributed by atoms with Crippen LogP contribution >= 0.6 is 8.03 Å². The van der Waals surface area contributed by atoms with Gasteiger partial charge in [0.05, 0.1) is 0 Å². The van der Waals surface area contributed by atoms with E-state index in [4.69, 9.17) is 0 Å². The van der Waals surface area contributed by atoms with E-state index in [9.17, 15) is 9.46 Å². The molecule has 2 aromatic carbocycles. The summed E-state index contributed by atoms with van der Waals surface area (Å²) < 4.78 is 10.3. The molecule has 0 fully saturated rings. The van der Waals surface area contributed by atoms with Crippen molar-refractivity contribution in [2.45, 2.75) is 6.16 Å². The van der Waals surface area contributed by atoms with Gasteiger partial charge in [-0.1, -0.05) is 59.7 Å². The second kappa shape index (κ2) is 8.33. The normalized spacial score (nSPS) is 10.1. The van der Waals surface area contributed by atoms with Crippen LogP contribution in [0.5, 0.6) is 0 Å². The van der Waals surface area contributed by atoms with Gasteiger partial charge in [0.2, 0.25) is 0 Å². The number of quaternary nitrogens is 1. The van der Waals surface area contributed by atoms with Gasteiger partial charge in [0, 0.05) is 0 Å². The van der Waals surface area contributed by atoms with Gasteiger partial charge in [-0.15, -0.1) is 0 Å². The third-order valence-electron chi connectivity index (χ3n) is 2.37. The summed E-state index contributed by atoms with van der Waals surface area (Å²) >= 11 is 0. The standard InChI is InChI=1S/C9H9O2P.C6H7N/c1-2-8-3-5-9(6-4-8)7-12(10)11;7-6-4-2-1-3-5-6/h2-6H,1,7H2;1-5H,7H2/p+1. The maximum absolute atomic E-state index is 10.3. The van der Waals surface area contributed by atoms with Gasteiger partial charge in [-0.2, -0.15) is 0 Å². The number of hydrogen-bond donors (Lipinski definition) is 1. The van der Waals surface area contributed by atoms with Gasteiger partial charge in [0.1, 0.15) is 5.69 Å². The number of benzene rings is 2. The molecule has 0 spiro atoms. The molecule has 3 nitrogen and oxygen atoms in total. The van der Waals surface area contributed by atoms with E-state index in [0.29, 0.717) is 0 Å². The Morgan fingerprint density at radius 2 is 1.68 bits per heavy atom. The van der Waals surface area contributed by atoms with Crippen LogP contribution in [0.3, 0.4) is 0 Å². The van der Waals surface area contributed by atoms with E-state index in [1.54, 1.807) is 18.2 Å². The van der Waals surface area contributed by atoms with Crippen LogP contribution in [-0.2, 0) is 10.7 Å². The first-order valence-corrected chi connectivity index (χ1v) is 7.18. The Bertz CT molecular complexity index is 524. The Hall–Kier alpha value is -1.80. The van der Waals surface area contributed by atoms with Crippen LogP contribution in [0.2, 0.25) is 0 Å². The molecular weight excluding hydrogens is 257 g/mol. The van der Waals surface area contributed by atoms with E-state index in [0.717, 1.165) is 16.8 Å². The Labute approximate surface area is 114 Å². The SMILES string of the molecule is C=Cc1ccc(C[P+](=O)[O-])cc1.[NH3+]c1ccccc1. The third-order valence-corrected chi connectivity index (χ3v) is 2.99. The van der Waals surface area contributed by atoms with Gasteiger partial charge in [-0.05, 0) is 23.3 Å². The maximum atomic E-state index is 10.3. The van der Waals surface area contributed by atoms with Gasteiger partial charge in [-0.25, -0.2) is 0 Å². The van der Waals surface area contributed by atoms with Gasteiger partial charge >= 0.3 is 8.03 Å². The zero-order chi connectivity index (χ0) is 14.1. The predicted molar refractivity (Wildman–Crippen MR) is 76.8 cm³/mol. The van der Waals surface area contributed by atoms with E-state index in [2.05, 4.69) is 12.3 Å². The summed E-state index contributed by atoms with van der Waals surface area (Å²) in [4.78, 5) is 10.3. The minimum absolute atomic E-state index is 0.118. The van der Waals surface area contributed by atoms with Crippen LogP contribution in [0.15, 0.2) is 61.2 Å². The molecule has 0 aliphatic carbocycles. The van der Waals surface area contributed by atoms with Crippen molar-refractivity contribution in [1.29, 1.82) is 0 Å². The Morgan fingerprint density at radius 3 is 2.05 bits per heavy atom. The average molecular weight is 274 g/mol. The first kappa shape index (κ1) is 15.3. The summed E-state index contributed by atoms with van der Waals surface area (Å²) in [6, 6.07) is 17.2. The van der Waals surface area contributed by atoms with Crippen LogP contribution in [0.25, 0.3) is 6.08 Å². The molecule has 0 heterocycles. The molecule has 0 aliphatic heterocycles. The number of rotatable bonds is 3. The monoisotopic (exact) mass is 274 g/mol. The summed E-state index contributed by atoms with van der Waals surface area (Å²) in [5.41, 5.74) is 6.61. The highest BCUT2D eigenvalue weighted by Gasteiger charge is 2.01. The Morgan fingerprint density at radius 1 is 1.11 bits per heavy atom. The van der Waals surface area contributed by atoms with Crippen molar-refractivity contribution >= 4 is 19.8 Å². The van der Waals surface area contributed by atoms with Crippen molar-refractivity contribution in [2.24, 2.45) is 0 Å². The summed E-state index contributed by atoms with van der Waals surface area (Å²) in [5, 5.41) is 0. The molecule has 1 atom stereocenters. The molecular formula is C15H17NO2P+. The highest BCUT2D eigenvalue weighted by Crippen LogP contribution is 2.17. The predicted octanol–water partition coefficient (Wildman–Crippen LogP) is 2.49. The molecule has 4 heteroatoms. The fraction of sp³-hybridized carbons (Fsp3) is 0.0667. The maximum Gasteiger partial charge on any atom is 0.313 e. The van der Waals surface area contributed by atoms with Crippen LogP contribution in [0, 0.1) is 0 Å². The summed E-state index contributed by atoms with van der Waals surface area (Å²) in [6.45, 7) is 3.60. The molecule has 98 valence electrons. The molecule has 3 N–H and O–H groups in total. The molecule has 1 unspecified atom stereocenters. The molecule has 0 bridgehead atoms. The zero-order valence-corrected chi connectivity index (χ0v) is 11.6. The van der Waals surface area contributed by atoms with Crippen molar-refractivity contribution in [1.82, 2.24) is 0 Å². The van der Waals surface area contributed by atoms with E-state index < -0.39 is 8.03 Å². The van der Waals surface area contributed by atoms with Crippen LogP contribution in [-0.4, -0.2) is 0 Å². The van der Waals surface area contributed by atoms with Gasteiger partial charge in [0.25, 0.3) is 0 Å². The Balaban J connectivity index is 0.000000218. The molecule has 0 saturated heterocycles. The zero-order valence-electron chi connectivity index (χ0n) is 10.7. The first-order valence-electron chi connectivity index (χ1n) is 5.82. The average Bonchev–Trinajstić information content (AvgIpc) is 2.40.